The average molecular weight is 385 g/mol. The first-order chi connectivity index (χ1) is 13.5. The summed E-state index contributed by atoms with van der Waals surface area (Å²) in [7, 11) is 4.29. The van der Waals surface area contributed by atoms with E-state index in [9.17, 15) is 14.4 Å². The Bertz CT molecular complexity index is 893. The van der Waals surface area contributed by atoms with Gasteiger partial charge in [0.05, 0.1) is 33.1 Å². The Morgan fingerprint density at radius 2 is 1.57 bits per heavy atom. The van der Waals surface area contributed by atoms with Crippen LogP contribution in [-0.2, 0) is 14.3 Å². The second kappa shape index (κ2) is 9.72. The Hall–Kier alpha value is -3.88. The molecule has 9 nitrogen and oxygen atoms in total. The Morgan fingerprint density at radius 1 is 0.893 bits per heavy atom. The summed E-state index contributed by atoms with van der Waals surface area (Å²) in [6.07, 6.45) is 1.36. The van der Waals surface area contributed by atoms with Gasteiger partial charge in [-0.25, -0.2) is 10.2 Å². The third-order valence-corrected chi connectivity index (χ3v) is 3.56. The molecule has 9 heteroatoms. The van der Waals surface area contributed by atoms with Crippen molar-refractivity contribution in [2.45, 2.75) is 0 Å². The maximum Gasteiger partial charge on any atom is 0.337 e. The molecule has 0 atom stereocenters. The van der Waals surface area contributed by atoms with Crippen molar-refractivity contribution in [1.29, 1.82) is 0 Å². The largest absolute Gasteiger partial charge is 0.493 e. The van der Waals surface area contributed by atoms with Crippen molar-refractivity contribution in [2.24, 2.45) is 5.10 Å². The zero-order valence-corrected chi connectivity index (χ0v) is 15.5. The SMILES string of the molecule is COC(=O)c1ccc(NC(=O)C(=O)N/N=C/c2ccc(OC)c(OC)c2)cc1. The Labute approximate surface area is 161 Å². The van der Waals surface area contributed by atoms with Crippen molar-refractivity contribution < 1.29 is 28.6 Å². The topological polar surface area (TPSA) is 115 Å². The smallest absolute Gasteiger partial charge is 0.337 e. The van der Waals surface area contributed by atoms with Crippen molar-refractivity contribution in [1.82, 2.24) is 5.43 Å². The molecule has 28 heavy (non-hydrogen) atoms. The van der Waals surface area contributed by atoms with Gasteiger partial charge in [-0.1, -0.05) is 0 Å². The van der Waals surface area contributed by atoms with Crippen molar-refractivity contribution >= 4 is 29.7 Å². The van der Waals surface area contributed by atoms with Crippen LogP contribution in [0.1, 0.15) is 15.9 Å². The summed E-state index contributed by atoms with van der Waals surface area (Å²) in [6, 6.07) is 10.9. The number of ether oxygens (including phenoxy) is 3. The normalized spacial score (nSPS) is 10.2. The first-order valence-electron chi connectivity index (χ1n) is 8.03. The number of hydrogen-bond acceptors (Lipinski definition) is 7. The minimum absolute atomic E-state index is 0.324. The van der Waals surface area contributed by atoms with Gasteiger partial charge in [0.1, 0.15) is 0 Å². The van der Waals surface area contributed by atoms with E-state index in [1.54, 1.807) is 18.2 Å². The highest BCUT2D eigenvalue weighted by Crippen LogP contribution is 2.26. The van der Waals surface area contributed by atoms with Crippen LogP contribution in [-0.4, -0.2) is 45.3 Å². The molecule has 0 saturated heterocycles. The summed E-state index contributed by atoms with van der Waals surface area (Å²) >= 11 is 0. The second-order valence-electron chi connectivity index (χ2n) is 5.34. The molecule has 0 saturated carbocycles. The third kappa shape index (κ3) is 5.31. The van der Waals surface area contributed by atoms with Crippen LogP contribution in [0.5, 0.6) is 11.5 Å². The molecule has 0 unspecified atom stereocenters. The van der Waals surface area contributed by atoms with E-state index in [4.69, 9.17) is 9.47 Å². The predicted octanol–water partition coefficient (Wildman–Crippen LogP) is 1.58. The molecule has 0 aromatic heterocycles. The predicted molar refractivity (Wildman–Crippen MR) is 102 cm³/mol. The molecule has 0 aliphatic rings. The number of hydrazone groups is 1. The van der Waals surface area contributed by atoms with Crippen molar-refractivity contribution in [3.05, 3.63) is 53.6 Å². The molecule has 0 spiro atoms. The number of hydrogen-bond donors (Lipinski definition) is 2. The molecule has 0 fully saturated rings. The van der Waals surface area contributed by atoms with Crippen molar-refractivity contribution in [3.63, 3.8) is 0 Å². The lowest BCUT2D eigenvalue weighted by Crippen LogP contribution is -2.32. The average Bonchev–Trinajstić information content (AvgIpc) is 2.73. The summed E-state index contributed by atoms with van der Waals surface area (Å²) in [4.78, 5) is 35.1. The molecule has 2 amide bonds. The van der Waals surface area contributed by atoms with Crippen LogP contribution in [0, 0.1) is 0 Å². The van der Waals surface area contributed by atoms with E-state index < -0.39 is 17.8 Å². The van der Waals surface area contributed by atoms with Crippen LogP contribution in [0.25, 0.3) is 0 Å². The summed E-state index contributed by atoms with van der Waals surface area (Å²) in [5.41, 5.74) is 3.43. The van der Waals surface area contributed by atoms with Gasteiger partial charge in [-0.3, -0.25) is 9.59 Å². The fraction of sp³-hybridized carbons (Fsp3) is 0.158. The number of nitrogens with one attached hydrogen (secondary N) is 2. The Balaban J connectivity index is 1.92. The first kappa shape index (κ1) is 20.4. The summed E-state index contributed by atoms with van der Waals surface area (Å²) in [5.74, 6) is -1.30. The number of carbonyl (C=O) groups is 3. The number of amides is 2. The van der Waals surface area contributed by atoms with Gasteiger partial charge < -0.3 is 19.5 Å². The highest BCUT2D eigenvalue weighted by Gasteiger charge is 2.13. The fourth-order valence-electron chi connectivity index (χ4n) is 2.14. The van der Waals surface area contributed by atoms with Crippen LogP contribution in [0.2, 0.25) is 0 Å². The minimum Gasteiger partial charge on any atom is -0.493 e. The maximum absolute atomic E-state index is 11.9. The molecule has 2 aromatic rings. The molecule has 2 rings (SSSR count). The number of esters is 1. The molecule has 0 radical (unpaired) electrons. The van der Waals surface area contributed by atoms with E-state index in [0.717, 1.165) is 0 Å². The zero-order valence-electron chi connectivity index (χ0n) is 15.5. The summed E-state index contributed by atoms with van der Waals surface area (Å²) in [5, 5.41) is 6.13. The van der Waals surface area contributed by atoms with Gasteiger partial charge in [-0.15, -0.1) is 0 Å². The molecule has 146 valence electrons. The van der Waals surface area contributed by atoms with Crippen LogP contribution >= 0.6 is 0 Å². The summed E-state index contributed by atoms with van der Waals surface area (Å²) in [6.45, 7) is 0. The Morgan fingerprint density at radius 3 is 2.18 bits per heavy atom. The van der Waals surface area contributed by atoms with Gasteiger partial charge in [0.2, 0.25) is 0 Å². The van der Waals surface area contributed by atoms with Crippen LogP contribution < -0.4 is 20.2 Å². The number of carbonyl (C=O) groups excluding carboxylic acids is 3. The number of methoxy groups -OCH3 is 3. The first-order valence-corrected chi connectivity index (χ1v) is 8.03. The monoisotopic (exact) mass is 385 g/mol. The Kier molecular flexibility index (Phi) is 7.09. The summed E-state index contributed by atoms with van der Waals surface area (Å²) < 4.78 is 14.9. The molecule has 0 bridgehead atoms. The minimum atomic E-state index is -0.950. The number of anilines is 1. The van der Waals surface area contributed by atoms with Crippen molar-refractivity contribution in [3.8, 4) is 11.5 Å². The molecule has 0 heterocycles. The van der Waals surface area contributed by atoms with Gasteiger partial charge in [-0.2, -0.15) is 5.10 Å². The molecular formula is C19H19N3O6. The quantitative estimate of drug-likeness (QED) is 0.338. The molecule has 2 N–H and O–H groups in total. The molecule has 0 aliphatic heterocycles. The lowest BCUT2D eigenvalue weighted by Gasteiger charge is -2.07. The number of nitrogens with zero attached hydrogens (tertiary/aromatic N) is 1. The standard InChI is InChI=1S/C19H19N3O6/c1-26-15-9-4-12(10-16(15)27-2)11-20-22-18(24)17(23)21-14-7-5-13(6-8-14)19(25)28-3/h4-11H,1-3H3,(H,21,23)(H,22,24)/b20-11+. The van der Waals surface area contributed by atoms with Crippen LogP contribution in [0.15, 0.2) is 47.6 Å². The van der Waals surface area contributed by atoms with E-state index in [-0.39, 0.29) is 0 Å². The maximum atomic E-state index is 11.9. The second-order valence-corrected chi connectivity index (χ2v) is 5.34. The van der Waals surface area contributed by atoms with Gasteiger partial charge in [0.15, 0.2) is 11.5 Å². The fourth-order valence-corrected chi connectivity index (χ4v) is 2.14. The molecule has 0 aliphatic carbocycles. The van der Waals surface area contributed by atoms with Crippen molar-refractivity contribution in [2.75, 3.05) is 26.6 Å². The molecule has 2 aromatic carbocycles. The lowest BCUT2D eigenvalue weighted by atomic mass is 10.2. The highest BCUT2D eigenvalue weighted by molar-refractivity contribution is 6.39. The van der Waals surface area contributed by atoms with Gasteiger partial charge in [0, 0.05) is 5.69 Å². The van der Waals surface area contributed by atoms with E-state index in [0.29, 0.717) is 28.3 Å². The zero-order chi connectivity index (χ0) is 20.5. The number of rotatable bonds is 6. The van der Waals surface area contributed by atoms with Crippen LogP contribution in [0.4, 0.5) is 5.69 Å². The van der Waals surface area contributed by atoms with Crippen LogP contribution in [0.3, 0.4) is 0 Å². The molecular weight excluding hydrogens is 366 g/mol. The lowest BCUT2D eigenvalue weighted by molar-refractivity contribution is -0.136. The third-order valence-electron chi connectivity index (χ3n) is 3.56. The van der Waals surface area contributed by atoms with E-state index >= 15 is 0 Å². The van der Waals surface area contributed by atoms with Gasteiger partial charge in [-0.05, 0) is 48.0 Å². The van der Waals surface area contributed by atoms with E-state index in [1.165, 1.54) is 51.8 Å². The van der Waals surface area contributed by atoms with E-state index in [1.807, 2.05) is 0 Å². The number of benzene rings is 2. The van der Waals surface area contributed by atoms with E-state index in [2.05, 4.69) is 20.6 Å². The van der Waals surface area contributed by atoms with Gasteiger partial charge in [0.25, 0.3) is 0 Å². The van der Waals surface area contributed by atoms with Gasteiger partial charge >= 0.3 is 17.8 Å². The highest BCUT2D eigenvalue weighted by atomic mass is 16.5.